The number of aromatic nitrogens is 3. The van der Waals surface area contributed by atoms with Crippen molar-refractivity contribution in [2.45, 2.75) is 19.4 Å². The van der Waals surface area contributed by atoms with Gasteiger partial charge in [-0.2, -0.15) is 0 Å². The summed E-state index contributed by atoms with van der Waals surface area (Å²) in [5.41, 5.74) is 0. The van der Waals surface area contributed by atoms with Crippen molar-refractivity contribution in [3.63, 3.8) is 0 Å². The molecule has 2 N–H and O–H groups in total. The highest BCUT2D eigenvalue weighted by molar-refractivity contribution is 7.16. The Kier molecular flexibility index (Phi) is 4.35. The average Bonchev–Trinajstić information content (AvgIpc) is 2.97. The zero-order valence-corrected chi connectivity index (χ0v) is 12.0. The third-order valence-electron chi connectivity index (χ3n) is 2.48. The topological polar surface area (TPSA) is 97.1 Å². The maximum atomic E-state index is 12.0. The van der Waals surface area contributed by atoms with Gasteiger partial charge in [-0.3, -0.25) is 14.9 Å². The molecule has 0 fully saturated rings. The number of nitrogens with one attached hydrogen (secondary N) is 1. The number of hydrogen-bond acceptors (Lipinski definition) is 5. The molecule has 0 spiro atoms. The number of rotatable bonds is 5. The molecule has 0 aliphatic rings. The SMILES string of the molecule is CC(C(=O)Nc1ncn(CC(=O)O)n1)c1ccc(Cl)s1. The quantitative estimate of drug-likeness (QED) is 0.877. The lowest BCUT2D eigenvalue weighted by atomic mass is 10.1. The highest BCUT2D eigenvalue weighted by atomic mass is 35.5. The van der Waals surface area contributed by atoms with Gasteiger partial charge in [-0.1, -0.05) is 11.6 Å². The molecule has 1 amide bonds. The van der Waals surface area contributed by atoms with Gasteiger partial charge in [0.1, 0.15) is 12.9 Å². The molecule has 1 unspecified atom stereocenters. The molecular formula is C11H11ClN4O3S. The molecule has 0 aliphatic carbocycles. The van der Waals surface area contributed by atoms with E-state index in [1.165, 1.54) is 17.7 Å². The minimum atomic E-state index is -1.03. The number of anilines is 1. The fraction of sp³-hybridized carbons (Fsp3) is 0.273. The summed E-state index contributed by atoms with van der Waals surface area (Å²) in [6.07, 6.45) is 1.25. The summed E-state index contributed by atoms with van der Waals surface area (Å²) in [4.78, 5) is 27.2. The Hall–Kier alpha value is -1.93. The van der Waals surface area contributed by atoms with Crippen LogP contribution in [-0.4, -0.2) is 31.7 Å². The molecule has 0 radical (unpaired) electrons. The fourth-order valence-corrected chi connectivity index (χ4v) is 2.59. The van der Waals surface area contributed by atoms with E-state index in [1.54, 1.807) is 19.1 Å². The third-order valence-corrected chi connectivity index (χ3v) is 3.90. The van der Waals surface area contributed by atoms with E-state index in [0.29, 0.717) is 4.34 Å². The second-order valence-electron chi connectivity index (χ2n) is 4.01. The lowest BCUT2D eigenvalue weighted by molar-refractivity contribution is -0.137. The van der Waals surface area contributed by atoms with E-state index in [4.69, 9.17) is 16.7 Å². The van der Waals surface area contributed by atoms with Crippen LogP contribution < -0.4 is 5.32 Å². The van der Waals surface area contributed by atoms with Gasteiger partial charge >= 0.3 is 5.97 Å². The van der Waals surface area contributed by atoms with Crippen LogP contribution in [0.15, 0.2) is 18.5 Å². The van der Waals surface area contributed by atoms with Crippen LogP contribution in [0.4, 0.5) is 5.95 Å². The van der Waals surface area contributed by atoms with Gasteiger partial charge < -0.3 is 5.11 Å². The Bertz CT molecular complexity index is 639. The number of halogens is 1. The van der Waals surface area contributed by atoms with Crippen LogP contribution in [0.5, 0.6) is 0 Å². The predicted molar refractivity (Wildman–Crippen MR) is 74.0 cm³/mol. The summed E-state index contributed by atoms with van der Waals surface area (Å²) in [7, 11) is 0. The maximum absolute atomic E-state index is 12.0. The van der Waals surface area contributed by atoms with Crippen molar-refractivity contribution in [1.82, 2.24) is 14.8 Å². The van der Waals surface area contributed by atoms with Crippen molar-refractivity contribution in [3.8, 4) is 0 Å². The second kappa shape index (κ2) is 6.02. The normalized spacial score (nSPS) is 12.1. The Morgan fingerprint density at radius 1 is 1.55 bits per heavy atom. The van der Waals surface area contributed by atoms with Gasteiger partial charge in [-0.25, -0.2) is 9.67 Å². The summed E-state index contributed by atoms with van der Waals surface area (Å²) in [6.45, 7) is 1.44. The maximum Gasteiger partial charge on any atom is 0.325 e. The number of amides is 1. The molecular weight excluding hydrogens is 304 g/mol. The molecule has 7 nitrogen and oxygen atoms in total. The highest BCUT2D eigenvalue weighted by Gasteiger charge is 2.18. The summed E-state index contributed by atoms with van der Waals surface area (Å²) < 4.78 is 1.74. The Labute approximate surface area is 123 Å². The molecule has 0 aliphatic heterocycles. The molecule has 20 heavy (non-hydrogen) atoms. The van der Waals surface area contributed by atoms with Crippen LogP contribution >= 0.6 is 22.9 Å². The zero-order chi connectivity index (χ0) is 14.7. The minimum absolute atomic E-state index is 0.0748. The average molecular weight is 315 g/mol. The molecule has 1 atom stereocenters. The zero-order valence-electron chi connectivity index (χ0n) is 10.4. The van der Waals surface area contributed by atoms with Crippen LogP contribution in [0, 0.1) is 0 Å². The standard InChI is InChI=1S/C11H11ClN4O3S/c1-6(7-2-3-8(12)20-7)10(19)14-11-13-5-16(15-11)4-9(17)18/h2-3,5-6H,4H2,1H3,(H,17,18)(H,14,15,19). The monoisotopic (exact) mass is 314 g/mol. The highest BCUT2D eigenvalue weighted by Crippen LogP contribution is 2.28. The first kappa shape index (κ1) is 14.5. The van der Waals surface area contributed by atoms with Gasteiger partial charge in [-0.15, -0.1) is 16.4 Å². The van der Waals surface area contributed by atoms with E-state index in [2.05, 4.69) is 15.4 Å². The molecule has 2 aromatic heterocycles. The number of carboxylic acid groups (broad SMARTS) is 1. The van der Waals surface area contributed by atoms with Crippen LogP contribution in [0.3, 0.4) is 0 Å². The van der Waals surface area contributed by atoms with Crippen LogP contribution in [0.2, 0.25) is 4.34 Å². The first-order chi connectivity index (χ1) is 9.45. The van der Waals surface area contributed by atoms with Gasteiger partial charge in [0.2, 0.25) is 11.9 Å². The van der Waals surface area contributed by atoms with Gasteiger partial charge in [0.15, 0.2) is 0 Å². The molecule has 106 valence electrons. The summed E-state index contributed by atoms with van der Waals surface area (Å²) in [6, 6.07) is 3.51. The summed E-state index contributed by atoms with van der Waals surface area (Å²) >= 11 is 7.15. The van der Waals surface area contributed by atoms with Crippen molar-refractivity contribution in [3.05, 3.63) is 27.7 Å². The number of nitrogens with zero attached hydrogens (tertiary/aromatic N) is 3. The van der Waals surface area contributed by atoms with E-state index >= 15 is 0 Å². The summed E-state index contributed by atoms with van der Waals surface area (Å²) in [5, 5.41) is 15.0. The molecule has 2 heterocycles. The van der Waals surface area contributed by atoms with Crippen LogP contribution in [0.1, 0.15) is 17.7 Å². The molecule has 0 saturated heterocycles. The van der Waals surface area contributed by atoms with Crippen molar-refractivity contribution in [2.24, 2.45) is 0 Å². The number of thiophene rings is 1. The van der Waals surface area contributed by atoms with E-state index in [9.17, 15) is 9.59 Å². The Morgan fingerprint density at radius 2 is 2.30 bits per heavy atom. The van der Waals surface area contributed by atoms with Gasteiger partial charge in [0.05, 0.1) is 10.3 Å². The minimum Gasteiger partial charge on any atom is -0.480 e. The van der Waals surface area contributed by atoms with Crippen molar-refractivity contribution >= 4 is 40.8 Å². The first-order valence-electron chi connectivity index (χ1n) is 5.63. The largest absolute Gasteiger partial charge is 0.480 e. The summed E-state index contributed by atoms with van der Waals surface area (Å²) in [5.74, 6) is -1.63. The van der Waals surface area contributed by atoms with Gasteiger partial charge in [0, 0.05) is 4.88 Å². The number of carbonyl (C=O) groups excluding carboxylic acids is 1. The molecule has 0 aromatic carbocycles. The first-order valence-corrected chi connectivity index (χ1v) is 6.82. The second-order valence-corrected chi connectivity index (χ2v) is 5.76. The van der Waals surface area contributed by atoms with Crippen molar-refractivity contribution in [2.75, 3.05) is 5.32 Å². The van der Waals surface area contributed by atoms with E-state index < -0.39 is 5.97 Å². The Balaban J connectivity index is 2.00. The van der Waals surface area contributed by atoms with Crippen LogP contribution in [0.25, 0.3) is 0 Å². The van der Waals surface area contributed by atoms with Crippen molar-refractivity contribution in [1.29, 1.82) is 0 Å². The lowest BCUT2D eigenvalue weighted by Gasteiger charge is -2.07. The molecule has 2 rings (SSSR count). The lowest BCUT2D eigenvalue weighted by Crippen LogP contribution is -2.19. The van der Waals surface area contributed by atoms with Crippen LogP contribution in [-0.2, 0) is 16.1 Å². The third kappa shape index (κ3) is 3.55. The molecule has 0 bridgehead atoms. The molecule has 9 heteroatoms. The molecule has 0 saturated carbocycles. The molecule has 2 aromatic rings. The van der Waals surface area contributed by atoms with E-state index in [0.717, 1.165) is 9.56 Å². The number of carboxylic acids is 1. The van der Waals surface area contributed by atoms with Crippen molar-refractivity contribution < 1.29 is 14.7 Å². The number of hydrogen-bond donors (Lipinski definition) is 2. The Morgan fingerprint density at radius 3 is 2.90 bits per heavy atom. The number of aliphatic carboxylic acids is 1. The van der Waals surface area contributed by atoms with E-state index in [1.807, 2.05) is 0 Å². The fourth-order valence-electron chi connectivity index (χ4n) is 1.48. The predicted octanol–water partition coefficient (Wildman–Crippen LogP) is 1.82. The van der Waals surface area contributed by atoms with E-state index in [-0.39, 0.29) is 24.3 Å². The van der Waals surface area contributed by atoms with Gasteiger partial charge in [0.25, 0.3) is 0 Å². The smallest absolute Gasteiger partial charge is 0.325 e. The number of carbonyl (C=O) groups is 2. The van der Waals surface area contributed by atoms with Gasteiger partial charge in [-0.05, 0) is 19.1 Å².